The van der Waals surface area contributed by atoms with Crippen molar-refractivity contribution in [2.45, 2.75) is 13.5 Å². The number of carbonyl (C=O) groups excluding carboxylic acids is 1. The van der Waals surface area contributed by atoms with Crippen LogP contribution in [0.15, 0.2) is 66.7 Å². The summed E-state index contributed by atoms with van der Waals surface area (Å²) in [5.41, 5.74) is 4.55. The van der Waals surface area contributed by atoms with Crippen molar-refractivity contribution in [2.75, 3.05) is 24.9 Å². The van der Waals surface area contributed by atoms with E-state index in [1.54, 1.807) is 18.2 Å². The number of amides is 1. The molecule has 3 aromatic carbocycles. The molecule has 0 radical (unpaired) electrons. The maximum Gasteiger partial charge on any atom is 0.263 e. The van der Waals surface area contributed by atoms with Gasteiger partial charge in [-0.3, -0.25) is 4.79 Å². The van der Waals surface area contributed by atoms with Crippen LogP contribution in [0.2, 0.25) is 0 Å². The van der Waals surface area contributed by atoms with E-state index in [4.69, 9.17) is 9.47 Å². The Hall–Kier alpha value is -3.47. The van der Waals surface area contributed by atoms with E-state index >= 15 is 0 Å². The molecule has 3 rings (SSSR count). The zero-order valence-corrected chi connectivity index (χ0v) is 16.3. The van der Waals surface area contributed by atoms with Crippen LogP contribution in [0.4, 0.5) is 11.4 Å². The van der Waals surface area contributed by atoms with Crippen molar-refractivity contribution in [1.29, 1.82) is 0 Å². The Morgan fingerprint density at radius 3 is 2.04 bits per heavy atom. The summed E-state index contributed by atoms with van der Waals surface area (Å²) >= 11 is 0. The second-order valence-electron chi connectivity index (χ2n) is 6.35. The summed E-state index contributed by atoms with van der Waals surface area (Å²) < 4.78 is 10.6. The average Bonchev–Trinajstić information content (AvgIpc) is 2.73. The lowest BCUT2D eigenvalue weighted by atomic mass is 10.1. The Balaban J connectivity index is 1.68. The number of methoxy groups -OCH3 is 2. The zero-order chi connectivity index (χ0) is 19.9. The number of hydrogen-bond donors (Lipinski definition) is 2. The van der Waals surface area contributed by atoms with Crippen LogP contribution < -0.4 is 20.1 Å². The van der Waals surface area contributed by atoms with E-state index in [0.717, 1.165) is 12.2 Å². The second kappa shape index (κ2) is 8.95. The van der Waals surface area contributed by atoms with Crippen LogP contribution in [0, 0.1) is 6.92 Å². The Morgan fingerprint density at radius 1 is 0.821 bits per heavy atom. The smallest absolute Gasteiger partial charge is 0.263 e. The van der Waals surface area contributed by atoms with Crippen LogP contribution >= 0.6 is 0 Å². The van der Waals surface area contributed by atoms with Gasteiger partial charge in [0.05, 0.1) is 14.2 Å². The average molecular weight is 376 g/mol. The molecule has 0 fully saturated rings. The number of aryl methyl sites for hydroxylation is 1. The molecule has 28 heavy (non-hydrogen) atoms. The molecule has 0 saturated carbocycles. The highest BCUT2D eigenvalue weighted by molar-refractivity contribution is 6.08. The lowest BCUT2D eigenvalue weighted by Gasteiger charge is -2.13. The quantitative estimate of drug-likeness (QED) is 0.617. The van der Waals surface area contributed by atoms with E-state index in [2.05, 4.69) is 29.7 Å². The topological polar surface area (TPSA) is 59.6 Å². The number of carbonyl (C=O) groups is 1. The fraction of sp³-hybridized carbons (Fsp3) is 0.174. The third kappa shape index (κ3) is 4.43. The van der Waals surface area contributed by atoms with Crippen molar-refractivity contribution in [1.82, 2.24) is 0 Å². The summed E-state index contributed by atoms with van der Waals surface area (Å²) in [5.74, 6) is 0.650. The molecule has 3 aromatic rings. The second-order valence-corrected chi connectivity index (χ2v) is 6.35. The zero-order valence-electron chi connectivity index (χ0n) is 16.3. The molecule has 144 valence electrons. The van der Waals surface area contributed by atoms with E-state index in [0.29, 0.717) is 22.7 Å². The summed E-state index contributed by atoms with van der Waals surface area (Å²) in [6, 6.07) is 21.1. The van der Waals surface area contributed by atoms with Crippen LogP contribution in [-0.4, -0.2) is 20.1 Å². The first kappa shape index (κ1) is 19.3. The van der Waals surface area contributed by atoms with Crippen LogP contribution in [0.1, 0.15) is 21.5 Å². The third-order valence-electron chi connectivity index (χ3n) is 4.54. The van der Waals surface area contributed by atoms with Crippen LogP contribution in [0.5, 0.6) is 11.5 Å². The van der Waals surface area contributed by atoms with E-state index in [1.165, 1.54) is 25.3 Å². The van der Waals surface area contributed by atoms with Crippen molar-refractivity contribution in [2.24, 2.45) is 0 Å². The standard InChI is InChI=1S/C23H24N2O3/c1-16-7-4-5-8-17(16)15-24-18-11-13-19(14-12-18)25-23(26)22-20(27-2)9-6-10-21(22)28-3/h4-14,24H,15H2,1-3H3,(H,25,26). The molecular formula is C23H24N2O3. The number of rotatable bonds is 7. The molecule has 0 bridgehead atoms. The highest BCUT2D eigenvalue weighted by atomic mass is 16.5. The molecule has 0 heterocycles. The van der Waals surface area contributed by atoms with Gasteiger partial charge >= 0.3 is 0 Å². The normalized spacial score (nSPS) is 10.2. The van der Waals surface area contributed by atoms with Gasteiger partial charge in [0.2, 0.25) is 0 Å². The molecule has 0 aliphatic heterocycles. The summed E-state index contributed by atoms with van der Waals surface area (Å²) in [7, 11) is 3.06. The van der Waals surface area contributed by atoms with Gasteiger partial charge in [0.25, 0.3) is 5.91 Å². The van der Waals surface area contributed by atoms with Gasteiger partial charge < -0.3 is 20.1 Å². The summed E-state index contributed by atoms with van der Waals surface area (Å²) in [4.78, 5) is 12.7. The third-order valence-corrected chi connectivity index (χ3v) is 4.54. The van der Waals surface area contributed by atoms with Crippen LogP contribution in [-0.2, 0) is 6.54 Å². The van der Waals surface area contributed by atoms with E-state index < -0.39 is 0 Å². The fourth-order valence-corrected chi connectivity index (χ4v) is 2.95. The molecule has 0 unspecified atom stereocenters. The first-order chi connectivity index (χ1) is 13.6. The summed E-state index contributed by atoms with van der Waals surface area (Å²) in [6.45, 7) is 2.85. The Morgan fingerprint density at radius 2 is 1.43 bits per heavy atom. The largest absolute Gasteiger partial charge is 0.496 e. The Bertz CT molecular complexity index is 930. The molecule has 0 atom stereocenters. The van der Waals surface area contributed by atoms with E-state index in [-0.39, 0.29) is 5.91 Å². The molecule has 0 aliphatic rings. The number of ether oxygens (including phenoxy) is 2. The number of hydrogen-bond acceptors (Lipinski definition) is 4. The summed E-state index contributed by atoms with van der Waals surface area (Å²) in [5, 5.41) is 6.29. The van der Waals surface area contributed by atoms with Crippen molar-refractivity contribution in [3.8, 4) is 11.5 Å². The molecule has 5 heteroatoms. The molecule has 0 aliphatic carbocycles. The van der Waals surface area contributed by atoms with Gasteiger partial charge in [-0.2, -0.15) is 0 Å². The van der Waals surface area contributed by atoms with Gasteiger partial charge in [-0.1, -0.05) is 30.3 Å². The molecule has 0 saturated heterocycles. The Labute approximate surface area is 165 Å². The lowest BCUT2D eigenvalue weighted by Crippen LogP contribution is -2.14. The van der Waals surface area contributed by atoms with Crippen LogP contribution in [0.3, 0.4) is 0 Å². The minimum absolute atomic E-state index is 0.282. The number of benzene rings is 3. The van der Waals surface area contributed by atoms with Crippen molar-refractivity contribution >= 4 is 17.3 Å². The highest BCUT2D eigenvalue weighted by Crippen LogP contribution is 2.29. The van der Waals surface area contributed by atoms with E-state index in [9.17, 15) is 4.79 Å². The molecule has 5 nitrogen and oxygen atoms in total. The molecule has 2 N–H and O–H groups in total. The van der Waals surface area contributed by atoms with Crippen LogP contribution in [0.25, 0.3) is 0 Å². The molecule has 1 amide bonds. The van der Waals surface area contributed by atoms with Crippen molar-refractivity contribution in [3.63, 3.8) is 0 Å². The van der Waals surface area contributed by atoms with Gasteiger partial charge in [0.15, 0.2) is 0 Å². The SMILES string of the molecule is COc1cccc(OC)c1C(=O)Nc1ccc(NCc2ccccc2C)cc1. The first-order valence-corrected chi connectivity index (χ1v) is 9.03. The first-order valence-electron chi connectivity index (χ1n) is 9.03. The van der Waals surface area contributed by atoms with Crippen molar-refractivity contribution in [3.05, 3.63) is 83.4 Å². The minimum atomic E-state index is -0.282. The lowest BCUT2D eigenvalue weighted by molar-refractivity contribution is 0.102. The van der Waals surface area contributed by atoms with Gasteiger partial charge in [0, 0.05) is 17.9 Å². The van der Waals surface area contributed by atoms with Gasteiger partial charge in [-0.15, -0.1) is 0 Å². The monoisotopic (exact) mass is 376 g/mol. The predicted octanol–water partition coefficient (Wildman–Crippen LogP) is 4.88. The summed E-state index contributed by atoms with van der Waals surface area (Å²) in [6.07, 6.45) is 0. The van der Waals surface area contributed by atoms with Gasteiger partial charge in [-0.05, 0) is 54.4 Å². The Kier molecular flexibility index (Phi) is 6.17. The molecule has 0 aromatic heterocycles. The van der Waals surface area contributed by atoms with Gasteiger partial charge in [-0.25, -0.2) is 0 Å². The van der Waals surface area contributed by atoms with Crippen molar-refractivity contribution < 1.29 is 14.3 Å². The molecule has 0 spiro atoms. The molecular weight excluding hydrogens is 352 g/mol. The highest BCUT2D eigenvalue weighted by Gasteiger charge is 2.18. The van der Waals surface area contributed by atoms with Gasteiger partial charge in [0.1, 0.15) is 17.1 Å². The fourth-order valence-electron chi connectivity index (χ4n) is 2.95. The minimum Gasteiger partial charge on any atom is -0.496 e. The maximum absolute atomic E-state index is 12.7. The maximum atomic E-state index is 12.7. The number of nitrogens with one attached hydrogen (secondary N) is 2. The number of anilines is 2. The van der Waals surface area contributed by atoms with E-state index in [1.807, 2.05) is 36.4 Å². The predicted molar refractivity (Wildman–Crippen MR) is 112 cm³/mol.